The molecule has 0 unspecified atom stereocenters. The van der Waals surface area contributed by atoms with Gasteiger partial charge in [0.25, 0.3) is 0 Å². The van der Waals surface area contributed by atoms with Crippen LogP contribution in [0.15, 0.2) is 243 Å². The van der Waals surface area contributed by atoms with Gasteiger partial charge in [-0.15, -0.1) is 0 Å². The first kappa shape index (κ1) is 35.7. The zero-order valence-electron chi connectivity index (χ0n) is 34.0. The summed E-state index contributed by atoms with van der Waals surface area (Å²) >= 11 is 0. The van der Waals surface area contributed by atoms with Crippen molar-refractivity contribution in [3.8, 4) is 67.0 Å². The Bertz CT molecular complexity index is 3630. The molecule has 2 aromatic heterocycles. The predicted octanol–water partition coefficient (Wildman–Crippen LogP) is 16.2. The summed E-state index contributed by atoms with van der Waals surface area (Å²) in [6.45, 7) is 0. The fourth-order valence-corrected chi connectivity index (χ4v) is 9.61. The molecule has 0 N–H and O–H groups in total. The van der Waals surface area contributed by atoms with Gasteiger partial charge in [0.2, 0.25) is 0 Å². The van der Waals surface area contributed by atoms with E-state index in [1.807, 2.05) is 0 Å². The molecule has 62 heavy (non-hydrogen) atoms. The van der Waals surface area contributed by atoms with Crippen LogP contribution in [-0.4, -0.2) is 9.13 Å². The first-order chi connectivity index (χ1) is 30.7. The van der Waals surface area contributed by atoms with Crippen LogP contribution in [0.25, 0.3) is 111 Å². The van der Waals surface area contributed by atoms with Crippen LogP contribution in [0.3, 0.4) is 0 Å². The first-order valence-electron chi connectivity index (χ1n) is 21.3. The van der Waals surface area contributed by atoms with Gasteiger partial charge in [0.1, 0.15) is 0 Å². The van der Waals surface area contributed by atoms with E-state index in [0.717, 1.165) is 11.4 Å². The number of hydrogen-bond donors (Lipinski definition) is 0. The Morgan fingerprint density at radius 1 is 0.194 bits per heavy atom. The molecule has 0 radical (unpaired) electrons. The minimum atomic E-state index is 1.14. The van der Waals surface area contributed by atoms with Crippen LogP contribution in [0, 0.1) is 0 Å². The molecule has 2 nitrogen and oxygen atoms in total. The van der Waals surface area contributed by atoms with Crippen molar-refractivity contribution >= 4 is 43.6 Å². The molecule has 0 amide bonds. The second-order valence-corrected chi connectivity index (χ2v) is 16.1. The van der Waals surface area contributed by atoms with Crippen LogP contribution in [-0.2, 0) is 0 Å². The maximum atomic E-state index is 2.42. The average molecular weight is 789 g/mol. The smallest absolute Gasteiger partial charge is 0.0541 e. The summed E-state index contributed by atoms with van der Waals surface area (Å²) in [6, 6.07) is 88.4. The lowest BCUT2D eigenvalue weighted by atomic mass is 9.94. The van der Waals surface area contributed by atoms with Gasteiger partial charge in [-0.2, -0.15) is 0 Å². The largest absolute Gasteiger partial charge is 0.309 e. The topological polar surface area (TPSA) is 9.86 Å². The van der Waals surface area contributed by atoms with E-state index >= 15 is 0 Å². The summed E-state index contributed by atoms with van der Waals surface area (Å²) in [5, 5.41) is 4.96. The zero-order chi connectivity index (χ0) is 41.0. The van der Waals surface area contributed by atoms with E-state index in [1.54, 1.807) is 0 Å². The molecule has 0 bridgehead atoms. The number of nitrogens with zero attached hydrogens (tertiary/aromatic N) is 2. The molecule has 0 atom stereocenters. The fraction of sp³-hybridized carbons (Fsp3) is 0. The van der Waals surface area contributed by atoms with Crippen molar-refractivity contribution in [2.24, 2.45) is 0 Å². The second-order valence-electron chi connectivity index (χ2n) is 16.1. The summed E-state index contributed by atoms with van der Waals surface area (Å²) in [5.74, 6) is 0. The van der Waals surface area contributed by atoms with E-state index in [4.69, 9.17) is 0 Å². The van der Waals surface area contributed by atoms with E-state index in [9.17, 15) is 0 Å². The molecule has 290 valence electrons. The van der Waals surface area contributed by atoms with E-state index in [-0.39, 0.29) is 0 Å². The van der Waals surface area contributed by atoms with Gasteiger partial charge in [-0.25, -0.2) is 0 Å². The lowest BCUT2D eigenvalue weighted by Crippen LogP contribution is -1.95. The molecule has 0 fully saturated rings. The lowest BCUT2D eigenvalue weighted by Gasteiger charge is -2.13. The maximum absolute atomic E-state index is 2.42. The summed E-state index contributed by atoms with van der Waals surface area (Å²) < 4.78 is 4.84. The lowest BCUT2D eigenvalue weighted by molar-refractivity contribution is 1.18. The SMILES string of the molecule is c1ccc(-c2cccc(-c3cccc(-n4c5ccccc5c5cc(-c6ccc7c(c6)c6ccccc6n7-c6cccc(-c7ccccc7-c7ccccc7)c6)ccc54)c3)c2)cc1. The quantitative estimate of drug-likeness (QED) is 0.152. The van der Waals surface area contributed by atoms with Gasteiger partial charge in [0, 0.05) is 32.9 Å². The van der Waals surface area contributed by atoms with E-state index in [2.05, 4.69) is 252 Å². The molecule has 0 aliphatic carbocycles. The van der Waals surface area contributed by atoms with Crippen molar-refractivity contribution in [1.82, 2.24) is 9.13 Å². The Labute approximate surface area is 360 Å². The Hall–Kier alpha value is -8.20. The van der Waals surface area contributed by atoms with Gasteiger partial charge >= 0.3 is 0 Å². The molecule has 12 aromatic rings. The van der Waals surface area contributed by atoms with Crippen LogP contribution in [0.1, 0.15) is 0 Å². The van der Waals surface area contributed by atoms with Crippen molar-refractivity contribution in [2.45, 2.75) is 0 Å². The highest BCUT2D eigenvalue weighted by molar-refractivity contribution is 6.13. The number of rotatable bonds is 7. The van der Waals surface area contributed by atoms with Crippen molar-refractivity contribution in [3.63, 3.8) is 0 Å². The molecular formula is C60H40N2. The minimum absolute atomic E-state index is 1.14. The zero-order valence-corrected chi connectivity index (χ0v) is 34.0. The Morgan fingerprint density at radius 3 is 1.15 bits per heavy atom. The molecule has 2 heteroatoms. The normalized spacial score (nSPS) is 11.5. The van der Waals surface area contributed by atoms with Crippen molar-refractivity contribution in [3.05, 3.63) is 243 Å². The summed E-state index contributed by atoms with van der Waals surface area (Å²) in [5.41, 5.74) is 19.2. The Kier molecular flexibility index (Phi) is 8.53. The van der Waals surface area contributed by atoms with Gasteiger partial charge in [-0.05, 0) is 122 Å². The van der Waals surface area contributed by atoms with E-state index in [0.29, 0.717) is 0 Å². The Morgan fingerprint density at radius 2 is 0.565 bits per heavy atom. The summed E-state index contributed by atoms with van der Waals surface area (Å²) in [6.07, 6.45) is 0. The average Bonchev–Trinajstić information content (AvgIpc) is 3.87. The molecule has 0 spiro atoms. The van der Waals surface area contributed by atoms with E-state index in [1.165, 1.54) is 99.2 Å². The third-order valence-electron chi connectivity index (χ3n) is 12.5. The molecule has 0 aliphatic heterocycles. The number of para-hydroxylation sites is 2. The predicted molar refractivity (Wildman–Crippen MR) is 262 cm³/mol. The minimum Gasteiger partial charge on any atom is -0.309 e. The summed E-state index contributed by atoms with van der Waals surface area (Å²) in [7, 11) is 0. The van der Waals surface area contributed by atoms with Crippen LogP contribution in [0.4, 0.5) is 0 Å². The van der Waals surface area contributed by atoms with Gasteiger partial charge in [0.05, 0.1) is 22.1 Å². The van der Waals surface area contributed by atoms with Crippen molar-refractivity contribution in [1.29, 1.82) is 0 Å². The van der Waals surface area contributed by atoms with Crippen LogP contribution in [0.2, 0.25) is 0 Å². The second kappa shape index (κ2) is 14.8. The molecule has 12 rings (SSSR count). The number of fused-ring (bicyclic) bond motifs is 6. The fourth-order valence-electron chi connectivity index (χ4n) is 9.61. The Balaban J connectivity index is 0.952. The van der Waals surface area contributed by atoms with E-state index < -0.39 is 0 Å². The van der Waals surface area contributed by atoms with Gasteiger partial charge in [0.15, 0.2) is 0 Å². The third-order valence-corrected chi connectivity index (χ3v) is 12.5. The third kappa shape index (κ3) is 6.04. The number of benzene rings is 10. The highest BCUT2D eigenvalue weighted by atomic mass is 15.0. The van der Waals surface area contributed by atoms with Crippen molar-refractivity contribution < 1.29 is 0 Å². The molecular weight excluding hydrogens is 749 g/mol. The number of aromatic nitrogens is 2. The number of hydrogen-bond acceptors (Lipinski definition) is 0. The van der Waals surface area contributed by atoms with Crippen LogP contribution < -0.4 is 0 Å². The summed E-state index contributed by atoms with van der Waals surface area (Å²) in [4.78, 5) is 0. The van der Waals surface area contributed by atoms with Gasteiger partial charge < -0.3 is 9.13 Å². The standard InChI is InChI=1S/C60H40N2/c1-3-16-41(17-4-1)43-20-13-21-44(36-43)45-22-14-24-49(37-45)61-57-30-11-9-28-53(57)55-39-46(32-34-59(55)61)47-33-35-60-56(40-47)54-29-10-12-31-58(54)62(60)50-25-15-23-48(38-50)52-27-8-7-26-51(52)42-18-5-2-6-19-42/h1-40H. The first-order valence-corrected chi connectivity index (χ1v) is 21.3. The van der Waals surface area contributed by atoms with Crippen LogP contribution in [0.5, 0.6) is 0 Å². The molecule has 10 aromatic carbocycles. The van der Waals surface area contributed by atoms with Crippen molar-refractivity contribution in [2.75, 3.05) is 0 Å². The molecule has 2 heterocycles. The molecule has 0 saturated carbocycles. The molecule has 0 aliphatic rings. The van der Waals surface area contributed by atoms with Gasteiger partial charge in [-0.3, -0.25) is 0 Å². The molecule has 0 saturated heterocycles. The van der Waals surface area contributed by atoms with Crippen LogP contribution >= 0.6 is 0 Å². The maximum Gasteiger partial charge on any atom is 0.0541 e. The monoisotopic (exact) mass is 788 g/mol. The highest BCUT2D eigenvalue weighted by Gasteiger charge is 2.17. The van der Waals surface area contributed by atoms with Gasteiger partial charge in [-0.1, -0.05) is 176 Å². The highest BCUT2D eigenvalue weighted by Crippen LogP contribution is 2.40.